The number of methoxy groups -OCH3 is 1. The lowest BCUT2D eigenvalue weighted by molar-refractivity contribution is 0.413. The van der Waals surface area contributed by atoms with Crippen LogP contribution in [0, 0.1) is 11.6 Å². The van der Waals surface area contributed by atoms with Crippen molar-refractivity contribution >= 4 is 23.3 Å². The molecule has 2 heterocycles. The molecule has 0 aliphatic carbocycles. The molecule has 4 rings (SSSR count). The molecular formula is C22H22F2N4OS. The Hall–Kier alpha value is -2.87. The van der Waals surface area contributed by atoms with Gasteiger partial charge in [0.05, 0.1) is 12.8 Å². The fourth-order valence-electron chi connectivity index (χ4n) is 3.49. The van der Waals surface area contributed by atoms with Gasteiger partial charge in [0.1, 0.15) is 22.4 Å². The average molecular weight is 429 g/mol. The van der Waals surface area contributed by atoms with Crippen LogP contribution in [0.1, 0.15) is 5.56 Å². The van der Waals surface area contributed by atoms with Crippen LogP contribution in [0.15, 0.2) is 59.9 Å². The van der Waals surface area contributed by atoms with E-state index in [1.807, 2.05) is 18.2 Å². The van der Waals surface area contributed by atoms with E-state index in [0.29, 0.717) is 10.6 Å². The van der Waals surface area contributed by atoms with Crippen LogP contribution in [0.2, 0.25) is 0 Å². The molecule has 0 atom stereocenters. The standard InChI is InChI=1S/C22H22F2N4OS/c1-29-20-5-3-2-4-19(20)27-10-12-28(13-11-27)21-22(26-9-8-25-21)30-15-16-14-17(23)6-7-18(16)24/h2-9,14H,10-13,15H2,1H3. The van der Waals surface area contributed by atoms with E-state index in [1.165, 1.54) is 17.8 Å². The van der Waals surface area contributed by atoms with Crippen molar-refractivity contribution < 1.29 is 13.5 Å². The lowest BCUT2D eigenvalue weighted by atomic mass is 10.2. The number of piperazine rings is 1. The summed E-state index contributed by atoms with van der Waals surface area (Å²) >= 11 is 1.36. The third-order valence-electron chi connectivity index (χ3n) is 5.02. The fraction of sp³-hybridized carbons (Fsp3) is 0.273. The maximum Gasteiger partial charge on any atom is 0.161 e. The van der Waals surface area contributed by atoms with Crippen LogP contribution in [-0.4, -0.2) is 43.3 Å². The summed E-state index contributed by atoms with van der Waals surface area (Å²) in [6.07, 6.45) is 3.29. The largest absolute Gasteiger partial charge is 0.495 e. The molecule has 0 radical (unpaired) electrons. The Bertz CT molecular complexity index is 1010. The lowest BCUT2D eigenvalue weighted by Crippen LogP contribution is -2.47. The zero-order chi connectivity index (χ0) is 20.9. The first-order valence-electron chi connectivity index (χ1n) is 9.66. The van der Waals surface area contributed by atoms with Gasteiger partial charge in [-0.05, 0) is 30.3 Å². The highest BCUT2D eigenvalue weighted by Gasteiger charge is 2.23. The van der Waals surface area contributed by atoms with Crippen molar-refractivity contribution in [2.75, 3.05) is 43.1 Å². The predicted octanol–water partition coefficient (Wildman–Crippen LogP) is 4.38. The SMILES string of the molecule is COc1ccccc1N1CCN(c2nccnc2SCc2cc(F)ccc2F)CC1. The Labute approximate surface area is 178 Å². The van der Waals surface area contributed by atoms with E-state index in [4.69, 9.17) is 4.74 Å². The number of hydrogen-bond acceptors (Lipinski definition) is 6. The third kappa shape index (κ3) is 4.48. The molecule has 1 fully saturated rings. The minimum atomic E-state index is -0.446. The first kappa shape index (κ1) is 20.4. The minimum absolute atomic E-state index is 0.288. The van der Waals surface area contributed by atoms with E-state index in [0.717, 1.165) is 55.6 Å². The molecule has 0 bridgehead atoms. The molecule has 0 spiro atoms. The summed E-state index contributed by atoms with van der Waals surface area (Å²) < 4.78 is 32.9. The Balaban J connectivity index is 1.45. The summed E-state index contributed by atoms with van der Waals surface area (Å²) in [5, 5.41) is 0.715. The van der Waals surface area contributed by atoms with Crippen LogP contribution in [0.3, 0.4) is 0 Å². The summed E-state index contributed by atoms with van der Waals surface area (Å²) in [5.74, 6) is 1.06. The van der Waals surface area contributed by atoms with E-state index in [1.54, 1.807) is 19.5 Å². The minimum Gasteiger partial charge on any atom is -0.495 e. The number of hydrogen-bond donors (Lipinski definition) is 0. The number of rotatable bonds is 6. The highest BCUT2D eigenvalue weighted by atomic mass is 32.2. The molecule has 8 heteroatoms. The van der Waals surface area contributed by atoms with Crippen molar-refractivity contribution in [3.8, 4) is 5.75 Å². The van der Waals surface area contributed by atoms with Crippen molar-refractivity contribution in [1.29, 1.82) is 0 Å². The number of aromatic nitrogens is 2. The van der Waals surface area contributed by atoms with E-state index < -0.39 is 11.6 Å². The first-order valence-corrected chi connectivity index (χ1v) is 10.6. The van der Waals surface area contributed by atoms with Gasteiger partial charge >= 0.3 is 0 Å². The molecule has 0 saturated carbocycles. The number of halogens is 2. The van der Waals surface area contributed by atoms with Crippen LogP contribution in [-0.2, 0) is 5.75 Å². The summed E-state index contributed by atoms with van der Waals surface area (Å²) in [6.45, 7) is 3.19. The molecule has 156 valence electrons. The van der Waals surface area contributed by atoms with Crippen LogP contribution in [0.5, 0.6) is 5.75 Å². The van der Waals surface area contributed by atoms with Gasteiger partial charge in [0.2, 0.25) is 0 Å². The van der Waals surface area contributed by atoms with Crippen molar-refractivity contribution in [2.24, 2.45) is 0 Å². The van der Waals surface area contributed by atoms with Crippen LogP contribution in [0.4, 0.5) is 20.3 Å². The summed E-state index contributed by atoms with van der Waals surface area (Å²) in [6, 6.07) is 11.5. The zero-order valence-electron chi connectivity index (χ0n) is 16.6. The Morgan fingerprint density at radius 3 is 2.50 bits per heavy atom. The number of thioether (sulfide) groups is 1. The molecule has 1 aliphatic rings. The van der Waals surface area contributed by atoms with Gasteiger partial charge in [-0.3, -0.25) is 0 Å². The van der Waals surface area contributed by atoms with Crippen LogP contribution >= 0.6 is 11.8 Å². The maximum atomic E-state index is 14.0. The normalized spacial score (nSPS) is 14.1. The molecule has 5 nitrogen and oxygen atoms in total. The van der Waals surface area contributed by atoms with Crippen LogP contribution in [0.25, 0.3) is 0 Å². The summed E-state index contributed by atoms with van der Waals surface area (Å²) in [5.41, 5.74) is 1.40. The van der Waals surface area contributed by atoms with Crippen molar-refractivity contribution in [2.45, 2.75) is 10.8 Å². The summed E-state index contributed by atoms with van der Waals surface area (Å²) in [4.78, 5) is 13.4. The van der Waals surface area contributed by atoms with Gasteiger partial charge in [0.25, 0.3) is 0 Å². The molecule has 1 aromatic heterocycles. The number of nitrogens with zero attached hydrogens (tertiary/aromatic N) is 4. The Kier molecular flexibility index (Phi) is 6.32. The van der Waals surface area contributed by atoms with E-state index >= 15 is 0 Å². The highest BCUT2D eigenvalue weighted by Crippen LogP contribution is 2.32. The number of ether oxygens (including phenoxy) is 1. The second-order valence-electron chi connectivity index (χ2n) is 6.86. The fourth-order valence-corrected chi connectivity index (χ4v) is 4.45. The van der Waals surface area contributed by atoms with Gasteiger partial charge in [-0.15, -0.1) is 0 Å². The highest BCUT2D eigenvalue weighted by molar-refractivity contribution is 7.98. The molecule has 2 aromatic carbocycles. The number of benzene rings is 2. The van der Waals surface area contributed by atoms with Gasteiger partial charge in [0, 0.05) is 49.9 Å². The molecule has 0 amide bonds. The third-order valence-corrected chi connectivity index (χ3v) is 6.04. The number of para-hydroxylation sites is 2. The Morgan fingerprint density at radius 1 is 0.967 bits per heavy atom. The van der Waals surface area contributed by atoms with Crippen molar-refractivity contribution in [3.63, 3.8) is 0 Å². The second kappa shape index (κ2) is 9.30. The number of anilines is 2. The lowest BCUT2D eigenvalue weighted by Gasteiger charge is -2.37. The van der Waals surface area contributed by atoms with Crippen molar-refractivity contribution in [1.82, 2.24) is 9.97 Å². The van der Waals surface area contributed by atoms with E-state index in [-0.39, 0.29) is 5.75 Å². The molecule has 1 aliphatic heterocycles. The van der Waals surface area contributed by atoms with Crippen LogP contribution < -0.4 is 14.5 Å². The predicted molar refractivity (Wildman–Crippen MR) is 115 cm³/mol. The van der Waals surface area contributed by atoms with E-state index in [2.05, 4.69) is 25.8 Å². The molecule has 3 aromatic rings. The molecule has 30 heavy (non-hydrogen) atoms. The van der Waals surface area contributed by atoms with Gasteiger partial charge in [-0.25, -0.2) is 18.7 Å². The second-order valence-corrected chi connectivity index (χ2v) is 7.82. The summed E-state index contributed by atoms with van der Waals surface area (Å²) in [7, 11) is 1.68. The molecule has 1 saturated heterocycles. The van der Waals surface area contributed by atoms with Gasteiger partial charge in [-0.1, -0.05) is 23.9 Å². The topological polar surface area (TPSA) is 41.5 Å². The quantitative estimate of drug-likeness (QED) is 0.543. The molecular weight excluding hydrogens is 406 g/mol. The zero-order valence-corrected chi connectivity index (χ0v) is 17.4. The van der Waals surface area contributed by atoms with Gasteiger partial charge in [0.15, 0.2) is 5.82 Å². The monoisotopic (exact) mass is 428 g/mol. The molecule has 0 unspecified atom stereocenters. The van der Waals surface area contributed by atoms with Crippen molar-refractivity contribution in [3.05, 3.63) is 72.1 Å². The Morgan fingerprint density at radius 2 is 1.70 bits per heavy atom. The first-order chi connectivity index (χ1) is 14.7. The smallest absolute Gasteiger partial charge is 0.161 e. The molecule has 0 N–H and O–H groups in total. The van der Waals surface area contributed by atoms with Gasteiger partial charge in [-0.2, -0.15) is 0 Å². The maximum absolute atomic E-state index is 14.0. The average Bonchev–Trinajstić information content (AvgIpc) is 2.80. The van der Waals surface area contributed by atoms with Gasteiger partial charge < -0.3 is 14.5 Å². The van der Waals surface area contributed by atoms with E-state index in [9.17, 15) is 8.78 Å².